The minimum atomic E-state index is -3.56. The van der Waals surface area contributed by atoms with E-state index < -0.39 is 15.7 Å². The van der Waals surface area contributed by atoms with Crippen molar-refractivity contribution in [2.75, 3.05) is 13.1 Å². The normalized spacial score (nSPS) is 30.4. The predicted octanol–water partition coefficient (Wildman–Crippen LogP) is 1.22. The summed E-state index contributed by atoms with van der Waals surface area (Å²) < 4.78 is 26.4. The van der Waals surface area contributed by atoms with Crippen molar-refractivity contribution in [1.29, 1.82) is 0 Å². The molecule has 1 aromatic rings. The first-order valence-corrected chi connectivity index (χ1v) is 8.65. The smallest absolute Gasteiger partial charge is 0.243 e. The van der Waals surface area contributed by atoms with Gasteiger partial charge in [0.1, 0.15) is 0 Å². The maximum absolute atomic E-state index is 12.6. The molecule has 0 spiro atoms. The molecule has 0 bridgehead atoms. The molecule has 2 heterocycles. The van der Waals surface area contributed by atoms with Crippen molar-refractivity contribution in [2.45, 2.75) is 29.7 Å². The highest BCUT2D eigenvalue weighted by molar-refractivity contribution is 8.14. The Bertz CT molecular complexity index is 669. The Kier molecular flexibility index (Phi) is 3.20. The average Bonchev–Trinajstić information content (AvgIpc) is 2.80. The van der Waals surface area contributed by atoms with Crippen molar-refractivity contribution in [1.82, 2.24) is 4.31 Å². The molecule has 0 aliphatic carbocycles. The molecule has 3 rings (SSSR count). The number of aryl methyl sites for hydroxylation is 1. The standard InChI is InChI=1S/C13H16N2O3S2/c1-9-3-5-11(6-4-9)20(17,18)15-7-12-13(16,8-15)14-10(2)19-12/h3-6,12,16H,7-8H2,1-2H3/t12-,13+/m1/s1. The number of β-amino-alcohol motifs (C(OH)–C–C–N with tert-alkyl or cyclic N) is 1. The van der Waals surface area contributed by atoms with Crippen LogP contribution < -0.4 is 0 Å². The van der Waals surface area contributed by atoms with Crippen LogP contribution in [0.3, 0.4) is 0 Å². The highest BCUT2D eigenvalue weighted by Gasteiger charge is 2.52. The van der Waals surface area contributed by atoms with Crippen LogP contribution >= 0.6 is 11.8 Å². The topological polar surface area (TPSA) is 70.0 Å². The third-order valence-electron chi connectivity index (χ3n) is 3.62. The third kappa shape index (κ3) is 2.18. The van der Waals surface area contributed by atoms with E-state index in [0.29, 0.717) is 0 Å². The fraction of sp³-hybridized carbons (Fsp3) is 0.462. The summed E-state index contributed by atoms with van der Waals surface area (Å²) in [7, 11) is -3.56. The van der Waals surface area contributed by atoms with Gasteiger partial charge < -0.3 is 5.11 Å². The van der Waals surface area contributed by atoms with E-state index in [1.165, 1.54) is 16.1 Å². The van der Waals surface area contributed by atoms with Crippen LogP contribution in [0.1, 0.15) is 12.5 Å². The number of benzene rings is 1. The summed E-state index contributed by atoms with van der Waals surface area (Å²) in [4.78, 5) is 4.44. The maximum atomic E-state index is 12.6. The van der Waals surface area contributed by atoms with Gasteiger partial charge in [-0.05, 0) is 26.0 Å². The number of hydrogen-bond acceptors (Lipinski definition) is 5. The summed E-state index contributed by atoms with van der Waals surface area (Å²) in [5.74, 6) is 0. The van der Waals surface area contributed by atoms with E-state index in [4.69, 9.17) is 0 Å². The van der Waals surface area contributed by atoms with Gasteiger partial charge in [0.2, 0.25) is 10.0 Å². The van der Waals surface area contributed by atoms with Crippen molar-refractivity contribution < 1.29 is 13.5 Å². The number of aliphatic hydroxyl groups is 1. The zero-order valence-corrected chi connectivity index (χ0v) is 12.9. The van der Waals surface area contributed by atoms with Gasteiger partial charge >= 0.3 is 0 Å². The van der Waals surface area contributed by atoms with E-state index in [1.807, 2.05) is 13.8 Å². The van der Waals surface area contributed by atoms with Gasteiger partial charge in [-0.15, -0.1) is 11.8 Å². The first-order chi connectivity index (χ1) is 9.31. The molecule has 2 atom stereocenters. The van der Waals surface area contributed by atoms with Crippen molar-refractivity contribution in [3.05, 3.63) is 29.8 Å². The molecule has 0 radical (unpaired) electrons. The quantitative estimate of drug-likeness (QED) is 0.891. The molecule has 0 unspecified atom stereocenters. The zero-order chi connectivity index (χ0) is 14.5. The lowest BCUT2D eigenvalue weighted by molar-refractivity contribution is 0.0733. The van der Waals surface area contributed by atoms with E-state index >= 15 is 0 Å². The SMILES string of the molecule is CC1=N[C@]2(O)CN(S(=O)(=O)c3ccc(C)cc3)C[C@H]2S1. The third-order valence-corrected chi connectivity index (χ3v) is 6.69. The molecule has 1 saturated heterocycles. The van der Waals surface area contributed by atoms with Gasteiger partial charge in [0, 0.05) is 6.54 Å². The van der Waals surface area contributed by atoms with Crippen LogP contribution in [0, 0.1) is 6.92 Å². The van der Waals surface area contributed by atoms with Gasteiger partial charge in [0.25, 0.3) is 0 Å². The number of hydrogen-bond donors (Lipinski definition) is 1. The Morgan fingerprint density at radius 2 is 2.00 bits per heavy atom. The second-order valence-electron chi connectivity index (χ2n) is 5.23. The molecule has 5 nitrogen and oxygen atoms in total. The summed E-state index contributed by atoms with van der Waals surface area (Å²) in [6.07, 6.45) is 0. The van der Waals surface area contributed by atoms with E-state index in [-0.39, 0.29) is 23.2 Å². The van der Waals surface area contributed by atoms with Crippen molar-refractivity contribution in [2.24, 2.45) is 4.99 Å². The van der Waals surface area contributed by atoms with Crippen LogP contribution in [0.5, 0.6) is 0 Å². The van der Waals surface area contributed by atoms with Crippen molar-refractivity contribution >= 4 is 26.8 Å². The van der Waals surface area contributed by atoms with Gasteiger partial charge in [0.05, 0.1) is 21.7 Å². The van der Waals surface area contributed by atoms with Crippen molar-refractivity contribution in [3.8, 4) is 0 Å². The molecule has 1 fully saturated rings. The minimum Gasteiger partial charge on any atom is -0.367 e. The van der Waals surface area contributed by atoms with E-state index in [0.717, 1.165) is 10.6 Å². The van der Waals surface area contributed by atoms with Gasteiger partial charge in [-0.1, -0.05) is 17.7 Å². The fourth-order valence-corrected chi connectivity index (χ4v) is 5.31. The molecule has 108 valence electrons. The lowest BCUT2D eigenvalue weighted by Crippen LogP contribution is -2.36. The van der Waals surface area contributed by atoms with Gasteiger partial charge in [-0.3, -0.25) is 0 Å². The molecular formula is C13H16N2O3S2. The minimum absolute atomic E-state index is 0.0260. The Balaban J connectivity index is 1.90. The molecule has 7 heteroatoms. The number of aliphatic imine (C=N–C) groups is 1. The fourth-order valence-electron chi connectivity index (χ4n) is 2.54. The van der Waals surface area contributed by atoms with Gasteiger partial charge in [-0.25, -0.2) is 13.4 Å². The van der Waals surface area contributed by atoms with E-state index in [9.17, 15) is 13.5 Å². The highest BCUT2D eigenvalue weighted by atomic mass is 32.2. The molecule has 2 aliphatic rings. The lowest BCUT2D eigenvalue weighted by Gasteiger charge is -2.18. The molecule has 0 amide bonds. The number of fused-ring (bicyclic) bond motifs is 1. The molecule has 2 aliphatic heterocycles. The number of thioether (sulfide) groups is 1. The van der Waals surface area contributed by atoms with Crippen LogP contribution in [0.4, 0.5) is 0 Å². The number of nitrogens with zero attached hydrogens (tertiary/aromatic N) is 2. The van der Waals surface area contributed by atoms with Crippen LogP contribution in [0.25, 0.3) is 0 Å². The van der Waals surface area contributed by atoms with Crippen molar-refractivity contribution in [3.63, 3.8) is 0 Å². The van der Waals surface area contributed by atoms with Gasteiger partial charge in [-0.2, -0.15) is 4.31 Å². The predicted molar refractivity (Wildman–Crippen MR) is 79.4 cm³/mol. The first-order valence-electron chi connectivity index (χ1n) is 6.33. The summed E-state index contributed by atoms with van der Waals surface area (Å²) in [5.41, 5.74) is -0.261. The molecule has 0 saturated carbocycles. The second kappa shape index (κ2) is 4.56. The molecule has 20 heavy (non-hydrogen) atoms. The average molecular weight is 312 g/mol. The Labute approximate surface area is 122 Å². The summed E-state index contributed by atoms with van der Waals surface area (Å²) in [5, 5.41) is 11.0. The number of sulfonamides is 1. The lowest BCUT2D eigenvalue weighted by atomic mass is 10.2. The molecule has 0 aromatic heterocycles. The Hall–Kier alpha value is -0.890. The molecule has 1 aromatic carbocycles. The monoisotopic (exact) mass is 312 g/mol. The summed E-state index contributed by atoms with van der Waals surface area (Å²) in [6, 6.07) is 6.75. The first kappa shape index (κ1) is 14.1. The Morgan fingerprint density at radius 1 is 1.35 bits per heavy atom. The maximum Gasteiger partial charge on any atom is 0.243 e. The van der Waals surface area contributed by atoms with Crippen LogP contribution in [0.2, 0.25) is 0 Å². The van der Waals surface area contributed by atoms with E-state index in [2.05, 4.69) is 4.99 Å². The number of rotatable bonds is 2. The van der Waals surface area contributed by atoms with Gasteiger partial charge in [0.15, 0.2) is 5.72 Å². The molecule has 1 N–H and O–H groups in total. The summed E-state index contributed by atoms with van der Waals surface area (Å²) >= 11 is 1.45. The van der Waals surface area contributed by atoms with Crippen LogP contribution in [0.15, 0.2) is 34.2 Å². The second-order valence-corrected chi connectivity index (χ2v) is 8.56. The summed E-state index contributed by atoms with van der Waals surface area (Å²) in [6.45, 7) is 4.06. The highest BCUT2D eigenvalue weighted by Crippen LogP contribution is 2.41. The van der Waals surface area contributed by atoms with Crippen LogP contribution in [-0.4, -0.2) is 46.9 Å². The Morgan fingerprint density at radius 3 is 2.60 bits per heavy atom. The van der Waals surface area contributed by atoms with E-state index in [1.54, 1.807) is 24.3 Å². The van der Waals surface area contributed by atoms with Crippen LogP contribution in [-0.2, 0) is 10.0 Å². The molecular weight excluding hydrogens is 296 g/mol. The largest absolute Gasteiger partial charge is 0.367 e. The zero-order valence-electron chi connectivity index (χ0n) is 11.3.